The molecule has 0 amide bonds. The van der Waals surface area contributed by atoms with Gasteiger partial charge in [-0.2, -0.15) is 10.1 Å². The zero-order valence-corrected chi connectivity index (χ0v) is 8.19. The van der Waals surface area contributed by atoms with E-state index in [1.165, 1.54) is 0 Å². The van der Waals surface area contributed by atoms with Crippen LogP contribution in [0.3, 0.4) is 0 Å². The fraction of sp³-hybridized carbons (Fsp3) is 0.200. The summed E-state index contributed by atoms with van der Waals surface area (Å²) < 4.78 is 9.87. The molecule has 2 aromatic rings. The number of aromatic nitrogens is 2. The molecule has 0 atom stereocenters. The standard InChI is InChI=1S/C10H10N2O3/c1-14-8-4-2-7(3-5-8)6-9-11-10(13)12-15-9/h2-5H,6H2,1H3,(H,12,13). The van der Waals surface area contributed by atoms with E-state index in [0.717, 1.165) is 11.3 Å². The van der Waals surface area contributed by atoms with Gasteiger partial charge in [-0.15, -0.1) is 0 Å². The predicted molar refractivity (Wildman–Crippen MR) is 52.9 cm³/mol. The van der Waals surface area contributed by atoms with Crippen LogP contribution in [-0.2, 0) is 6.42 Å². The van der Waals surface area contributed by atoms with E-state index in [2.05, 4.69) is 10.1 Å². The van der Waals surface area contributed by atoms with Crippen LogP contribution in [0.4, 0.5) is 0 Å². The highest BCUT2D eigenvalue weighted by Crippen LogP contribution is 2.13. The maximum Gasteiger partial charge on any atom is 0.377 e. The van der Waals surface area contributed by atoms with Gasteiger partial charge in [0.05, 0.1) is 13.5 Å². The van der Waals surface area contributed by atoms with Crippen molar-refractivity contribution in [2.45, 2.75) is 6.42 Å². The molecular formula is C10H10N2O3. The summed E-state index contributed by atoms with van der Waals surface area (Å²) in [7, 11) is 1.61. The Morgan fingerprint density at radius 1 is 1.40 bits per heavy atom. The molecule has 0 bridgehead atoms. The summed E-state index contributed by atoms with van der Waals surface area (Å²) >= 11 is 0. The van der Waals surface area contributed by atoms with Crippen LogP contribution in [0, 0.1) is 0 Å². The third kappa shape index (κ3) is 2.25. The fourth-order valence-corrected chi connectivity index (χ4v) is 1.26. The molecule has 0 saturated heterocycles. The second kappa shape index (κ2) is 4.00. The van der Waals surface area contributed by atoms with Crippen LogP contribution in [0.1, 0.15) is 11.5 Å². The fourth-order valence-electron chi connectivity index (χ4n) is 1.26. The Kier molecular flexibility index (Phi) is 2.53. The van der Waals surface area contributed by atoms with Crippen LogP contribution >= 0.6 is 0 Å². The van der Waals surface area contributed by atoms with E-state index >= 15 is 0 Å². The van der Waals surface area contributed by atoms with Crippen LogP contribution < -0.4 is 10.4 Å². The zero-order chi connectivity index (χ0) is 10.7. The molecule has 0 radical (unpaired) electrons. The van der Waals surface area contributed by atoms with Gasteiger partial charge in [-0.3, -0.25) is 0 Å². The second-order valence-electron chi connectivity index (χ2n) is 3.04. The van der Waals surface area contributed by atoms with E-state index in [-0.39, 0.29) is 0 Å². The molecule has 0 saturated carbocycles. The van der Waals surface area contributed by atoms with Crippen molar-refractivity contribution in [2.75, 3.05) is 7.11 Å². The molecule has 0 spiro atoms. The maximum atomic E-state index is 10.7. The molecule has 15 heavy (non-hydrogen) atoms. The molecule has 0 aliphatic carbocycles. The van der Waals surface area contributed by atoms with Crippen molar-refractivity contribution >= 4 is 0 Å². The molecule has 1 N–H and O–H groups in total. The van der Waals surface area contributed by atoms with E-state index in [0.29, 0.717) is 12.3 Å². The number of rotatable bonds is 3. The first-order chi connectivity index (χ1) is 7.28. The number of ether oxygens (including phenoxy) is 1. The van der Waals surface area contributed by atoms with Crippen LogP contribution in [0.25, 0.3) is 0 Å². The summed E-state index contributed by atoms with van der Waals surface area (Å²) in [5.41, 5.74) is 0.546. The van der Waals surface area contributed by atoms with E-state index in [1.807, 2.05) is 24.3 Å². The van der Waals surface area contributed by atoms with Crippen molar-refractivity contribution in [1.29, 1.82) is 0 Å². The van der Waals surface area contributed by atoms with Crippen molar-refractivity contribution in [3.8, 4) is 5.75 Å². The molecule has 0 unspecified atom stereocenters. The molecule has 5 nitrogen and oxygen atoms in total. The van der Waals surface area contributed by atoms with Gasteiger partial charge in [0.2, 0.25) is 5.89 Å². The van der Waals surface area contributed by atoms with Crippen molar-refractivity contribution in [3.05, 3.63) is 46.2 Å². The Hall–Kier alpha value is -2.04. The molecule has 0 fully saturated rings. The summed E-state index contributed by atoms with van der Waals surface area (Å²) in [6, 6.07) is 7.49. The average molecular weight is 206 g/mol. The quantitative estimate of drug-likeness (QED) is 0.812. The molecule has 78 valence electrons. The van der Waals surface area contributed by atoms with Gasteiger partial charge in [-0.25, -0.2) is 4.79 Å². The number of methoxy groups -OCH3 is 1. The zero-order valence-electron chi connectivity index (χ0n) is 8.19. The summed E-state index contributed by atoms with van der Waals surface area (Å²) in [4.78, 5) is 14.3. The summed E-state index contributed by atoms with van der Waals surface area (Å²) in [5.74, 6) is 1.17. The van der Waals surface area contributed by atoms with E-state index < -0.39 is 5.69 Å². The normalized spacial score (nSPS) is 10.2. The van der Waals surface area contributed by atoms with E-state index in [4.69, 9.17) is 9.26 Å². The first-order valence-electron chi connectivity index (χ1n) is 4.45. The van der Waals surface area contributed by atoms with Crippen LogP contribution in [0.15, 0.2) is 33.6 Å². The SMILES string of the molecule is COc1ccc(Cc2nc(=O)[nH]o2)cc1. The smallest absolute Gasteiger partial charge is 0.377 e. The molecule has 5 heteroatoms. The topological polar surface area (TPSA) is 68.1 Å². The van der Waals surface area contributed by atoms with Crippen LogP contribution in [-0.4, -0.2) is 17.3 Å². The van der Waals surface area contributed by atoms with Gasteiger partial charge < -0.3 is 9.26 Å². The van der Waals surface area contributed by atoms with Crippen LogP contribution in [0.2, 0.25) is 0 Å². The molecule has 2 rings (SSSR count). The van der Waals surface area contributed by atoms with Gasteiger partial charge in [-0.05, 0) is 17.7 Å². The number of H-pyrrole nitrogens is 1. The lowest BCUT2D eigenvalue weighted by atomic mass is 10.1. The van der Waals surface area contributed by atoms with E-state index in [9.17, 15) is 4.79 Å². The Bertz CT molecular complexity index is 484. The number of benzene rings is 1. The third-order valence-electron chi connectivity index (χ3n) is 2.00. The highest BCUT2D eigenvalue weighted by atomic mass is 16.5. The number of nitrogens with one attached hydrogen (secondary N) is 1. The van der Waals surface area contributed by atoms with Gasteiger partial charge in [0.15, 0.2) is 0 Å². The predicted octanol–water partition coefficient (Wildman–Crippen LogP) is 0.962. The Balaban J connectivity index is 2.14. The first-order valence-corrected chi connectivity index (χ1v) is 4.45. The molecule has 0 aliphatic rings. The Morgan fingerprint density at radius 3 is 2.67 bits per heavy atom. The van der Waals surface area contributed by atoms with Gasteiger partial charge in [-0.1, -0.05) is 12.1 Å². The summed E-state index contributed by atoms with van der Waals surface area (Å²) in [6.45, 7) is 0. The van der Waals surface area contributed by atoms with Crippen molar-refractivity contribution in [1.82, 2.24) is 10.1 Å². The van der Waals surface area contributed by atoms with Gasteiger partial charge in [0, 0.05) is 0 Å². The number of hydrogen-bond acceptors (Lipinski definition) is 4. The van der Waals surface area contributed by atoms with Gasteiger partial charge >= 0.3 is 5.69 Å². The van der Waals surface area contributed by atoms with E-state index in [1.54, 1.807) is 7.11 Å². The van der Waals surface area contributed by atoms with Crippen LogP contribution in [0.5, 0.6) is 5.75 Å². The third-order valence-corrected chi connectivity index (χ3v) is 2.00. The summed E-state index contributed by atoms with van der Waals surface area (Å²) in [5, 5.41) is 2.15. The summed E-state index contributed by atoms with van der Waals surface area (Å²) in [6.07, 6.45) is 0.489. The highest BCUT2D eigenvalue weighted by molar-refractivity contribution is 5.28. The number of nitrogens with zero attached hydrogens (tertiary/aromatic N) is 1. The second-order valence-corrected chi connectivity index (χ2v) is 3.04. The Morgan fingerprint density at radius 2 is 2.13 bits per heavy atom. The van der Waals surface area contributed by atoms with Gasteiger partial charge in [0.1, 0.15) is 5.75 Å². The Labute approximate surface area is 85.7 Å². The molecule has 1 heterocycles. The molecule has 1 aromatic heterocycles. The first kappa shape index (κ1) is 9.51. The number of hydrogen-bond donors (Lipinski definition) is 1. The maximum absolute atomic E-state index is 10.7. The molecular weight excluding hydrogens is 196 g/mol. The molecule has 0 aliphatic heterocycles. The largest absolute Gasteiger partial charge is 0.497 e. The van der Waals surface area contributed by atoms with Crippen molar-refractivity contribution in [2.24, 2.45) is 0 Å². The minimum Gasteiger partial charge on any atom is -0.497 e. The van der Waals surface area contributed by atoms with Gasteiger partial charge in [0.25, 0.3) is 0 Å². The van der Waals surface area contributed by atoms with Crippen molar-refractivity contribution in [3.63, 3.8) is 0 Å². The minimum absolute atomic E-state index is 0.380. The highest BCUT2D eigenvalue weighted by Gasteiger charge is 2.03. The average Bonchev–Trinajstić information content (AvgIpc) is 2.65. The lowest BCUT2D eigenvalue weighted by Gasteiger charge is -2.00. The monoisotopic (exact) mass is 206 g/mol. The lowest BCUT2D eigenvalue weighted by molar-refractivity contribution is 0.380. The lowest BCUT2D eigenvalue weighted by Crippen LogP contribution is -2.01. The minimum atomic E-state index is -0.460. The number of aromatic amines is 1. The molecule has 1 aromatic carbocycles. The van der Waals surface area contributed by atoms with Crippen molar-refractivity contribution < 1.29 is 9.26 Å².